The van der Waals surface area contributed by atoms with Crippen molar-refractivity contribution in [2.75, 3.05) is 17.8 Å². The van der Waals surface area contributed by atoms with Crippen LogP contribution in [0.5, 0.6) is 5.75 Å². The molecular formula is C7H9NO6S. The van der Waals surface area contributed by atoms with Crippen LogP contribution in [-0.4, -0.2) is 25.5 Å². The van der Waals surface area contributed by atoms with Gasteiger partial charge in [0.15, 0.2) is 5.75 Å². The first kappa shape index (κ1) is 11.7. The Morgan fingerprint density at radius 2 is 1.93 bits per heavy atom. The lowest BCUT2D eigenvalue weighted by Gasteiger charge is -2.11. The molecule has 1 rings (SSSR count). The first-order valence-corrected chi connectivity index (χ1v) is 5.63. The fraction of sp³-hybridized carbons (Fsp3) is 0.429. The molecule has 0 saturated carbocycles. The third-order valence-corrected chi connectivity index (χ3v) is 2.10. The fourth-order valence-electron chi connectivity index (χ4n) is 0.977. The van der Waals surface area contributed by atoms with E-state index in [1.54, 1.807) is 6.92 Å². The Hall–Kier alpha value is -1.41. The Balaban J connectivity index is 2.83. The molecule has 0 spiro atoms. The maximum Gasteiger partial charge on any atom is 0.283 e. The molecule has 0 aliphatic rings. The van der Waals surface area contributed by atoms with Crippen molar-refractivity contribution in [3.63, 3.8) is 0 Å². The maximum atomic E-state index is 10.9. The molecule has 0 unspecified atom stereocenters. The lowest BCUT2D eigenvalue weighted by Crippen LogP contribution is -2.36. The van der Waals surface area contributed by atoms with E-state index in [4.69, 9.17) is 9.29 Å². The zero-order chi connectivity index (χ0) is 11.6. The third kappa shape index (κ3) is 2.54. The molecule has 0 fully saturated rings. The highest BCUT2D eigenvalue weighted by Crippen LogP contribution is 2.16. The molecule has 7 nitrogen and oxygen atoms in total. The zero-order valence-corrected chi connectivity index (χ0v) is 8.63. The van der Waals surface area contributed by atoms with Gasteiger partial charge in [0.2, 0.25) is 0 Å². The Morgan fingerprint density at radius 1 is 1.33 bits per heavy atom. The summed E-state index contributed by atoms with van der Waals surface area (Å²) in [7, 11) is -4.24. The molecule has 0 amide bonds. The largest absolute Gasteiger partial charge is 0.488 e. The van der Waals surface area contributed by atoms with Crippen LogP contribution in [0.1, 0.15) is 6.92 Å². The third-order valence-electron chi connectivity index (χ3n) is 1.59. The van der Waals surface area contributed by atoms with Gasteiger partial charge in [-0.15, -0.1) is 0 Å². The number of hydrogen-bond donors (Lipinski definition) is 2. The van der Waals surface area contributed by atoms with Gasteiger partial charge >= 0.3 is 0 Å². The summed E-state index contributed by atoms with van der Waals surface area (Å²) in [5.41, 5.74) is -1.85. The Labute approximate surface area is 85.1 Å². The molecule has 0 aromatic heterocycles. The summed E-state index contributed by atoms with van der Waals surface area (Å²) in [6, 6.07) is 0. The molecular weight excluding hydrogens is 226 g/mol. The lowest BCUT2D eigenvalue weighted by atomic mass is 10.2. The highest BCUT2D eigenvalue weighted by Gasteiger charge is 2.23. The van der Waals surface area contributed by atoms with Gasteiger partial charge in [-0.2, -0.15) is 8.42 Å². The molecule has 0 aliphatic heterocycles. The fourth-order valence-corrected chi connectivity index (χ4v) is 1.30. The van der Waals surface area contributed by atoms with Crippen LogP contribution in [0.2, 0.25) is 0 Å². The van der Waals surface area contributed by atoms with Gasteiger partial charge in [-0.25, -0.2) is 0 Å². The van der Waals surface area contributed by atoms with Crippen molar-refractivity contribution in [3.8, 4) is 5.75 Å². The summed E-state index contributed by atoms with van der Waals surface area (Å²) in [6.45, 7) is 1.80. The Kier molecular flexibility index (Phi) is 3.10. The van der Waals surface area contributed by atoms with Crippen LogP contribution in [-0.2, 0) is 10.1 Å². The van der Waals surface area contributed by atoms with Gasteiger partial charge in [0.05, 0.1) is 6.61 Å². The molecule has 0 radical (unpaired) electrons. The molecule has 0 saturated heterocycles. The van der Waals surface area contributed by atoms with Gasteiger partial charge in [-0.05, 0) is 6.92 Å². The van der Waals surface area contributed by atoms with Crippen LogP contribution in [0, 0.1) is 0 Å². The van der Waals surface area contributed by atoms with E-state index >= 15 is 0 Å². The van der Waals surface area contributed by atoms with Crippen LogP contribution < -0.4 is 20.9 Å². The molecule has 0 heterocycles. The highest BCUT2D eigenvalue weighted by atomic mass is 32.2. The minimum absolute atomic E-state index is 0.186. The average molecular weight is 235 g/mol. The van der Waals surface area contributed by atoms with Gasteiger partial charge in [0, 0.05) is 0 Å². The van der Waals surface area contributed by atoms with Crippen LogP contribution >= 0.6 is 0 Å². The first-order chi connectivity index (χ1) is 6.87. The van der Waals surface area contributed by atoms with Crippen LogP contribution in [0.15, 0.2) is 9.59 Å². The van der Waals surface area contributed by atoms with Crippen LogP contribution in [0.25, 0.3) is 0 Å². The molecule has 0 atom stereocenters. The quantitative estimate of drug-likeness (QED) is 0.494. The molecule has 0 bridgehead atoms. The van der Waals surface area contributed by atoms with Crippen molar-refractivity contribution >= 4 is 15.8 Å². The van der Waals surface area contributed by atoms with E-state index in [0.29, 0.717) is 0 Å². The van der Waals surface area contributed by atoms with E-state index in [1.807, 2.05) is 0 Å². The summed E-state index contributed by atoms with van der Waals surface area (Å²) in [6.07, 6.45) is 0. The van der Waals surface area contributed by atoms with Crippen LogP contribution in [0.3, 0.4) is 0 Å². The van der Waals surface area contributed by atoms with Crippen molar-refractivity contribution in [2.24, 2.45) is 0 Å². The number of hydrogen-bond acceptors (Lipinski definition) is 6. The summed E-state index contributed by atoms with van der Waals surface area (Å²) >= 11 is 0. The summed E-state index contributed by atoms with van der Waals surface area (Å²) in [5, 5.41) is 2.12. The minimum atomic E-state index is -4.24. The van der Waals surface area contributed by atoms with Crippen molar-refractivity contribution in [1.29, 1.82) is 0 Å². The minimum Gasteiger partial charge on any atom is -0.488 e. The molecule has 84 valence electrons. The van der Waals surface area contributed by atoms with E-state index < -0.39 is 26.9 Å². The highest BCUT2D eigenvalue weighted by molar-refractivity contribution is 7.85. The molecule has 0 aliphatic carbocycles. The molecule has 2 N–H and O–H groups in total. The number of nitrogens with one attached hydrogen (secondary N) is 1. The Bertz CT molecular complexity index is 524. The monoisotopic (exact) mass is 235 g/mol. The van der Waals surface area contributed by atoms with Crippen molar-refractivity contribution in [3.05, 3.63) is 20.4 Å². The Morgan fingerprint density at radius 3 is 2.40 bits per heavy atom. The maximum absolute atomic E-state index is 10.9. The predicted octanol–water partition coefficient (Wildman–Crippen LogP) is -1.06. The van der Waals surface area contributed by atoms with Crippen LogP contribution in [0.4, 0.5) is 5.69 Å². The normalized spacial score (nSPS) is 11.6. The number of ether oxygens (including phenoxy) is 1. The predicted molar refractivity (Wildman–Crippen MR) is 52.6 cm³/mol. The van der Waals surface area contributed by atoms with E-state index in [9.17, 15) is 18.0 Å². The lowest BCUT2D eigenvalue weighted by molar-refractivity contribution is 0.335. The molecule has 15 heavy (non-hydrogen) atoms. The van der Waals surface area contributed by atoms with E-state index in [0.717, 1.165) is 0 Å². The number of anilines is 1. The molecule has 8 heteroatoms. The standard InChI is InChI=1S/C7H9NO6S/c1-2-14-7-4(5(9)6(7)10)8-3-15(11,12)13/h8H,2-3H2,1H3,(H,11,12,13). The zero-order valence-electron chi connectivity index (χ0n) is 7.81. The van der Waals surface area contributed by atoms with Gasteiger partial charge < -0.3 is 10.1 Å². The van der Waals surface area contributed by atoms with E-state index in [-0.39, 0.29) is 18.0 Å². The second-order valence-electron chi connectivity index (χ2n) is 2.70. The van der Waals surface area contributed by atoms with Crippen molar-refractivity contribution in [2.45, 2.75) is 6.92 Å². The molecule has 1 aromatic carbocycles. The second kappa shape index (κ2) is 3.99. The van der Waals surface area contributed by atoms with Crippen molar-refractivity contribution < 1.29 is 17.7 Å². The van der Waals surface area contributed by atoms with Gasteiger partial charge in [-0.3, -0.25) is 14.1 Å². The number of rotatable bonds is 5. The summed E-state index contributed by atoms with van der Waals surface area (Å²) < 4.78 is 33.9. The first-order valence-electron chi connectivity index (χ1n) is 4.02. The average Bonchev–Trinajstić information content (AvgIpc) is 2.14. The smallest absolute Gasteiger partial charge is 0.283 e. The second-order valence-corrected chi connectivity index (χ2v) is 4.15. The van der Waals surface area contributed by atoms with Gasteiger partial charge in [-0.1, -0.05) is 0 Å². The molecule has 1 aromatic rings. The van der Waals surface area contributed by atoms with E-state index in [1.165, 1.54) is 0 Å². The van der Waals surface area contributed by atoms with Crippen molar-refractivity contribution in [1.82, 2.24) is 0 Å². The van der Waals surface area contributed by atoms with E-state index in [2.05, 4.69) is 5.32 Å². The topological polar surface area (TPSA) is 110 Å². The summed E-state index contributed by atoms with van der Waals surface area (Å²) in [4.78, 5) is 21.8. The van der Waals surface area contributed by atoms with Gasteiger partial charge in [0.1, 0.15) is 11.6 Å². The SMILES string of the molecule is CCOc1c(NCS(=O)(=O)O)c(=O)c1=O. The summed E-state index contributed by atoms with van der Waals surface area (Å²) in [5.74, 6) is -1.02. The van der Waals surface area contributed by atoms with Gasteiger partial charge in [0.25, 0.3) is 21.0 Å².